The molecule has 2 heterocycles. The van der Waals surface area contributed by atoms with E-state index in [1.165, 1.54) is 4.40 Å². The normalized spacial score (nSPS) is 14.9. The van der Waals surface area contributed by atoms with Gasteiger partial charge in [-0.2, -0.15) is 13.2 Å². The summed E-state index contributed by atoms with van der Waals surface area (Å²) in [6, 6.07) is 1.02. The second-order valence-electron chi connectivity index (χ2n) is 5.36. The highest BCUT2D eigenvalue weighted by Crippen LogP contribution is 2.35. The van der Waals surface area contributed by atoms with Crippen molar-refractivity contribution in [3.05, 3.63) is 30.0 Å². The highest BCUT2D eigenvalue weighted by atomic mass is 19.4. The first-order valence-electron chi connectivity index (χ1n) is 5.65. The maximum atomic E-state index is 13.2. The summed E-state index contributed by atoms with van der Waals surface area (Å²) in [4.78, 5) is 7.69. The Morgan fingerprint density at radius 1 is 1.21 bits per heavy atom. The molecule has 1 unspecified atom stereocenters. The Balaban J connectivity index is 2.47. The SMILES string of the molecule is CC(C)(C)c1cn2cnc(C(F)C(F)(F)F)cc2n1. The molecule has 0 radical (unpaired) electrons. The Morgan fingerprint density at radius 2 is 1.84 bits per heavy atom. The van der Waals surface area contributed by atoms with E-state index in [-0.39, 0.29) is 11.1 Å². The largest absolute Gasteiger partial charge is 0.425 e. The van der Waals surface area contributed by atoms with Crippen molar-refractivity contribution in [1.29, 1.82) is 0 Å². The third-order valence-electron chi connectivity index (χ3n) is 2.68. The van der Waals surface area contributed by atoms with Crippen LogP contribution >= 0.6 is 0 Å². The molecular weight excluding hydrogens is 262 g/mol. The third kappa shape index (κ3) is 2.69. The summed E-state index contributed by atoms with van der Waals surface area (Å²) in [5, 5.41) is 0. The Labute approximate surface area is 107 Å². The van der Waals surface area contributed by atoms with Crippen molar-refractivity contribution in [2.45, 2.75) is 38.5 Å². The summed E-state index contributed by atoms with van der Waals surface area (Å²) in [5.74, 6) is 0. The van der Waals surface area contributed by atoms with Crippen molar-refractivity contribution in [2.24, 2.45) is 0 Å². The van der Waals surface area contributed by atoms with Crippen molar-refractivity contribution in [2.75, 3.05) is 0 Å². The van der Waals surface area contributed by atoms with E-state index in [1.807, 2.05) is 20.8 Å². The third-order valence-corrected chi connectivity index (χ3v) is 2.68. The molecule has 0 spiro atoms. The van der Waals surface area contributed by atoms with Gasteiger partial charge in [0.2, 0.25) is 6.17 Å². The number of rotatable bonds is 1. The van der Waals surface area contributed by atoms with Crippen LogP contribution in [0.2, 0.25) is 0 Å². The van der Waals surface area contributed by atoms with Gasteiger partial charge in [0, 0.05) is 17.7 Å². The zero-order chi connectivity index (χ0) is 14.4. The number of imidazole rings is 1. The fraction of sp³-hybridized carbons (Fsp3) is 0.500. The van der Waals surface area contributed by atoms with Crippen molar-refractivity contribution >= 4 is 5.65 Å². The predicted octanol–water partition coefficient (Wildman–Crippen LogP) is 3.60. The molecule has 3 nitrogen and oxygen atoms in total. The van der Waals surface area contributed by atoms with E-state index in [4.69, 9.17) is 0 Å². The molecule has 0 aliphatic heterocycles. The summed E-state index contributed by atoms with van der Waals surface area (Å²) in [5.41, 5.74) is 0.0347. The van der Waals surface area contributed by atoms with Crippen molar-refractivity contribution in [3.63, 3.8) is 0 Å². The number of hydrogen-bond acceptors (Lipinski definition) is 2. The first kappa shape index (κ1) is 13.8. The lowest BCUT2D eigenvalue weighted by molar-refractivity contribution is -0.183. The Morgan fingerprint density at radius 3 is 2.37 bits per heavy atom. The lowest BCUT2D eigenvalue weighted by atomic mass is 9.93. The molecule has 7 heteroatoms. The zero-order valence-corrected chi connectivity index (χ0v) is 10.7. The molecule has 0 saturated carbocycles. The molecule has 1 atom stereocenters. The minimum Gasteiger partial charge on any atom is -0.290 e. The summed E-state index contributed by atoms with van der Waals surface area (Å²) < 4.78 is 51.5. The minimum atomic E-state index is -4.95. The van der Waals surface area contributed by atoms with Crippen LogP contribution in [-0.4, -0.2) is 20.5 Å². The number of fused-ring (bicyclic) bond motifs is 1. The molecule has 2 aromatic rings. The van der Waals surface area contributed by atoms with E-state index >= 15 is 0 Å². The van der Waals surface area contributed by atoms with Gasteiger partial charge in [-0.3, -0.25) is 4.40 Å². The van der Waals surface area contributed by atoms with E-state index in [0.29, 0.717) is 5.69 Å². The van der Waals surface area contributed by atoms with Crippen LogP contribution in [-0.2, 0) is 5.41 Å². The number of nitrogens with zero attached hydrogens (tertiary/aromatic N) is 3. The molecule has 0 aliphatic rings. The van der Waals surface area contributed by atoms with Gasteiger partial charge in [0.15, 0.2) is 0 Å². The van der Waals surface area contributed by atoms with Crippen LogP contribution in [0.4, 0.5) is 17.6 Å². The van der Waals surface area contributed by atoms with Crippen LogP contribution < -0.4 is 0 Å². The molecule has 0 bridgehead atoms. The van der Waals surface area contributed by atoms with E-state index in [9.17, 15) is 17.6 Å². The second kappa shape index (κ2) is 4.18. The van der Waals surface area contributed by atoms with Crippen LogP contribution in [0.5, 0.6) is 0 Å². The minimum absolute atomic E-state index is 0.245. The van der Waals surface area contributed by atoms with Crippen LogP contribution in [0.3, 0.4) is 0 Å². The van der Waals surface area contributed by atoms with E-state index in [2.05, 4.69) is 9.97 Å². The fourth-order valence-electron chi connectivity index (χ4n) is 1.57. The monoisotopic (exact) mass is 275 g/mol. The summed E-state index contributed by atoms with van der Waals surface area (Å²) >= 11 is 0. The van der Waals surface area contributed by atoms with Gasteiger partial charge < -0.3 is 0 Å². The quantitative estimate of drug-likeness (QED) is 0.744. The molecule has 0 aliphatic carbocycles. The zero-order valence-electron chi connectivity index (χ0n) is 10.7. The van der Waals surface area contributed by atoms with Gasteiger partial charge in [-0.05, 0) is 0 Å². The molecule has 2 aromatic heterocycles. The molecule has 0 saturated heterocycles. The molecule has 0 N–H and O–H groups in total. The topological polar surface area (TPSA) is 30.2 Å². The van der Waals surface area contributed by atoms with E-state index < -0.39 is 18.0 Å². The van der Waals surface area contributed by atoms with Crippen LogP contribution in [0.1, 0.15) is 38.3 Å². The molecule has 2 rings (SSSR count). The first-order valence-corrected chi connectivity index (χ1v) is 5.65. The molecule has 104 valence electrons. The Kier molecular flexibility index (Phi) is 3.03. The van der Waals surface area contributed by atoms with Gasteiger partial charge in [-0.15, -0.1) is 0 Å². The highest BCUT2D eigenvalue weighted by Gasteiger charge is 2.42. The van der Waals surface area contributed by atoms with Gasteiger partial charge >= 0.3 is 6.18 Å². The van der Waals surface area contributed by atoms with Crippen molar-refractivity contribution in [3.8, 4) is 0 Å². The average molecular weight is 275 g/mol. The Hall–Kier alpha value is -1.66. The van der Waals surface area contributed by atoms with Crippen molar-refractivity contribution < 1.29 is 17.6 Å². The van der Waals surface area contributed by atoms with Crippen molar-refractivity contribution in [1.82, 2.24) is 14.4 Å². The van der Waals surface area contributed by atoms with Crippen LogP contribution in [0, 0.1) is 0 Å². The number of alkyl halides is 4. The first-order chi connectivity index (χ1) is 8.59. The summed E-state index contributed by atoms with van der Waals surface area (Å²) in [7, 11) is 0. The van der Waals surface area contributed by atoms with Gasteiger partial charge in [0.05, 0.1) is 11.4 Å². The van der Waals surface area contributed by atoms with Crippen LogP contribution in [0.15, 0.2) is 18.6 Å². The van der Waals surface area contributed by atoms with Gasteiger partial charge in [-0.1, -0.05) is 20.8 Å². The fourth-order valence-corrected chi connectivity index (χ4v) is 1.57. The van der Waals surface area contributed by atoms with Gasteiger partial charge in [0.1, 0.15) is 12.0 Å². The molecular formula is C12H13F4N3. The summed E-state index contributed by atoms with van der Waals surface area (Å²) in [6.07, 6.45) is -5.23. The lowest BCUT2D eigenvalue weighted by Crippen LogP contribution is -2.17. The maximum Gasteiger partial charge on any atom is 0.425 e. The molecule has 0 amide bonds. The molecule has 0 fully saturated rings. The van der Waals surface area contributed by atoms with E-state index in [1.54, 1.807) is 6.20 Å². The molecule has 19 heavy (non-hydrogen) atoms. The number of halogens is 4. The van der Waals surface area contributed by atoms with Gasteiger partial charge in [-0.25, -0.2) is 14.4 Å². The van der Waals surface area contributed by atoms with E-state index in [0.717, 1.165) is 12.4 Å². The second-order valence-corrected chi connectivity index (χ2v) is 5.36. The maximum absolute atomic E-state index is 13.2. The standard InChI is InChI=1S/C12H13F4N3/c1-11(2,3)8-5-19-6-17-7(4-9(19)18-8)10(13)12(14,15)16/h4-6,10H,1-3H3. The molecule has 0 aromatic carbocycles. The summed E-state index contributed by atoms with van der Waals surface area (Å²) in [6.45, 7) is 5.78. The smallest absolute Gasteiger partial charge is 0.290 e. The van der Waals surface area contributed by atoms with Crippen LogP contribution in [0.25, 0.3) is 5.65 Å². The highest BCUT2D eigenvalue weighted by molar-refractivity contribution is 5.42. The predicted molar refractivity (Wildman–Crippen MR) is 61.6 cm³/mol. The Bertz CT molecular complexity index is 595. The average Bonchev–Trinajstić information content (AvgIpc) is 2.68. The lowest BCUT2D eigenvalue weighted by Gasteiger charge is -2.13. The number of aromatic nitrogens is 3. The van der Waals surface area contributed by atoms with Gasteiger partial charge in [0.25, 0.3) is 0 Å². The number of hydrogen-bond donors (Lipinski definition) is 0.